The lowest BCUT2D eigenvalue weighted by Gasteiger charge is -2.30. The number of benzene rings is 2. The van der Waals surface area contributed by atoms with Gasteiger partial charge in [0, 0.05) is 36.9 Å². The van der Waals surface area contributed by atoms with Gasteiger partial charge in [0.05, 0.1) is 0 Å². The minimum absolute atomic E-state index is 0.200. The van der Waals surface area contributed by atoms with Gasteiger partial charge in [-0.25, -0.2) is 8.78 Å². The summed E-state index contributed by atoms with van der Waals surface area (Å²) in [6.45, 7) is 10.3. The lowest BCUT2D eigenvalue weighted by atomic mass is 9.94. The molecule has 0 aliphatic carbocycles. The molecule has 1 atom stereocenters. The second-order valence-electron chi connectivity index (χ2n) is 7.13. The molecule has 0 fully saturated rings. The van der Waals surface area contributed by atoms with Crippen LogP contribution in [0.1, 0.15) is 54.1 Å². The third kappa shape index (κ3) is 4.31. The van der Waals surface area contributed by atoms with Crippen LogP contribution in [0.25, 0.3) is 0 Å². The monoisotopic (exact) mass is 356 g/mol. The van der Waals surface area contributed by atoms with Crippen molar-refractivity contribution in [2.75, 3.05) is 6.54 Å². The van der Waals surface area contributed by atoms with Gasteiger partial charge in [-0.15, -0.1) is 0 Å². The lowest BCUT2D eigenvalue weighted by Crippen LogP contribution is -2.30. The van der Waals surface area contributed by atoms with E-state index in [0.717, 1.165) is 36.5 Å². The van der Waals surface area contributed by atoms with Gasteiger partial charge >= 0.3 is 0 Å². The first-order valence-corrected chi connectivity index (χ1v) is 9.06. The maximum Gasteiger partial charge on any atom is 0.264 e. The summed E-state index contributed by atoms with van der Waals surface area (Å²) in [7, 11) is 0. The summed E-state index contributed by atoms with van der Waals surface area (Å²) in [6.07, 6.45) is -1.70. The van der Waals surface area contributed by atoms with Crippen LogP contribution < -0.4 is 5.32 Å². The summed E-state index contributed by atoms with van der Waals surface area (Å²) < 4.78 is 26.3. The molecular formula is C22H26F2N2. The van der Waals surface area contributed by atoms with Gasteiger partial charge in [-0.1, -0.05) is 49.0 Å². The fourth-order valence-electron chi connectivity index (χ4n) is 3.66. The molecule has 0 amide bonds. The predicted molar refractivity (Wildman–Crippen MR) is 102 cm³/mol. The number of alkyl halides is 2. The first kappa shape index (κ1) is 18.6. The van der Waals surface area contributed by atoms with E-state index in [1.165, 1.54) is 11.1 Å². The summed E-state index contributed by atoms with van der Waals surface area (Å²) in [5.41, 5.74) is 5.49. The van der Waals surface area contributed by atoms with E-state index >= 15 is 0 Å². The van der Waals surface area contributed by atoms with E-state index in [9.17, 15) is 8.78 Å². The molecule has 26 heavy (non-hydrogen) atoms. The van der Waals surface area contributed by atoms with Crippen LogP contribution >= 0.6 is 0 Å². The molecule has 1 aliphatic rings. The molecule has 1 aliphatic heterocycles. The number of hydrogen-bond donors (Lipinski definition) is 1. The van der Waals surface area contributed by atoms with Gasteiger partial charge in [-0.05, 0) is 42.5 Å². The van der Waals surface area contributed by atoms with Crippen LogP contribution in [0.5, 0.6) is 0 Å². The highest BCUT2D eigenvalue weighted by Crippen LogP contribution is 2.30. The quantitative estimate of drug-likeness (QED) is 0.749. The zero-order valence-electron chi connectivity index (χ0n) is 15.4. The number of fused-ring (bicyclic) bond motifs is 1. The Bertz CT molecular complexity index is 768. The van der Waals surface area contributed by atoms with E-state index in [0.29, 0.717) is 6.42 Å². The molecule has 1 unspecified atom stereocenters. The Hall–Kier alpha value is -2.20. The minimum atomic E-state index is -2.39. The zero-order chi connectivity index (χ0) is 18.7. The Labute approximate surface area is 154 Å². The summed E-state index contributed by atoms with van der Waals surface area (Å²) in [4.78, 5) is 2.32. The standard InChI is InChI=1S/C22H26F2N2/c1-15(2)25-16(3)18-9-7-17(8-10-18)13-26-12-11-20-19(14-26)5-4-6-21(20)22(23)24/h4-10,16,22,25H,1,11-14H2,2-3H3. The summed E-state index contributed by atoms with van der Waals surface area (Å²) in [5.74, 6) is 0. The second kappa shape index (κ2) is 8.00. The highest BCUT2D eigenvalue weighted by molar-refractivity contribution is 5.38. The van der Waals surface area contributed by atoms with Gasteiger partial charge in [0.25, 0.3) is 6.43 Å². The molecule has 4 heteroatoms. The zero-order valence-corrected chi connectivity index (χ0v) is 15.4. The molecule has 138 valence electrons. The lowest BCUT2D eigenvalue weighted by molar-refractivity contribution is 0.148. The summed E-state index contributed by atoms with van der Waals surface area (Å²) in [5, 5.41) is 3.32. The molecule has 2 nitrogen and oxygen atoms in total. The molecule has 1 heterocycles. The van der Waals surface area contributed by atoms with Crippen LogP contribution in [0.2, 0.25) is 0 Å². The fourth-order valence-corrected chi connectivity index (χ4v) is 3.66. The first-order valence-electron chi connectivity index (χ1n) is 9.06. The SMILES string of the molecule is C=C(C)NC(C)c1ccc(CN2CCc3c(cccc3C(F)F)C2)cc1. The smallest absolute Gasteiger partial charge is 0.264 e. The Morgan fingerprint density at radius 3 is 2.58 bits per heavy atom. The number of rotatable bonds is 6. The molecule has 0 spiro atoms. The van der Waals surface area contributed by atoms with Crippen molar-refractivity contribution in [2.24, 2.45) is 0 Å². The van der Waals surface area contributed by atoms with Gasteiger partial charge in [-0.3, -0.25) is 4.90 Å². The molecule has 0 saturated carbocycles. The van der Waals surface area contributed by atoms with Crippen LogP contribution in [0, 0.1) is 0 Å². The average Bonchev–Trinajstić information content (AvgIpc) is 2.61. The van der Waals surface area contributed by atoms with E-state index in [4.69, 9.17) is 0 Å². The fraction of sp³-hybridized carbons (Fsp3) is 0.364. The predicted octanol–water partition coefficient (Wildman–Crippen LogP) is 5.37. The molecule has 0 aromatic heterocycles. The maximum atomic E-state index is 13.2. The number of allylic oxidation sites excluding steroid dienone is 1. The number of hydrogen-bond acceptors (Lipinski definition) is 2. The maximum absolute atomic E-state index is 13.2. The van der Waals surface area contributed by atoms with E-state index < -0.39 is 6.43 Å². The Balaban J connectivity index is 1.66. The van der Waals surface area contributed by atoms with Gasteiger partial charge in [0.1, 0.15) is 0 Å². The molecule has 1 N–H and O–H groups in total. The molecule has 3 rings (SSSR count). The third-order valence-corrected chi connectivity index (χ3v) is 4.97. The van der Waals surface area contributed by atoms with Crippen molar-refractivity contribution in [1.82, 2.24) is 10.2 Å². The topological polar surface area (TPSA) is 15.3 Å². The molecule has 0 radical (unpaired) electrons. The third-order valence-electron chi connectivity index (χ3n) is 4.97. The summed E-state index contributed by atoms with van der Waals surface area (Å²) >= 11 is 0. The van der Waals surface area contributed by atoms with E-state index in [2.05, 4.69) is 48.0 Å². The van der Waals surface area contributed by atoms with Crippen molar-refractivity contribution in [1.29, 1.82) is 0 Å². The van der Waals surface area contributed by atoms with E-state index in [-0.39, 0.29) is 11.6 Å². The highest BCUT2D eigenvalue weighted by Gasteiger charge is 2.22. The van der Waals surface area contributed by atoms with Crippen molar-refractivity contribution in [3.63, 3.8) is 0 Å². The van der Waals surface area contributed by atoms with Crippen molar-refractivity contribution < 1.29 is 8.78 Å². The number of nitrogens with one attached hydrogen (secondary N) is 1. The van der Waals surface area contributed by atoms with Gasteiger partial charge in [0.2, 0.25) is 0 Å². The minimum Gasteiger partial charge on any atom is -0.383 e. The Kier molecular flexibility index (Phi) is 5.72. The van der Waals surface area contributed by atoms with Crippen molar-refractivity contribution in [3.05, 3.63) is 82.6 Å². The van der Waals surface area contributed by atoms with Gasteiger partial charge in [-0.2, -0.15) is 0 Å². The number of nitrogens with zero attached hydrogens (tertiary/aromatic N) is 1. The van der Waals surface area contributed by atoms with Crippen LogP contribution in [-0.4, -0.2) is 11.4 Å². The first-order chi connectivity index (χ1) is 12.4. The largest absolute Gasteiger partial charge is 0.383 e. The molecule has 0 saturated heterocycles. The van der Waals surface area contributed by atoms with Gasteiger partial charge < -0.3 is 5.32 Å². The highest BCUT2D eigenvalue weighted by atomic mass is 19.3. The van der Waals surface area contributed by atoms with Crippen LogP contribution in [0.4, 0.5) is 8.78 Å². The van der Waals surface area contributed by atoms with Crippen molar-refractivity contribution >= 4 is 0 Å². The summed E-state index contributed by atoms with van der Waals surface area (Å²) in [6, 6.07) is 14.1. The van der Waals surface area contributed by atoms with Crippen LogP contribution in [-0.2, 0) is 19.5 Å². The van der Waals surface area contributed by atoms with Crippen molar-refractivity contribution in [3.8, 4) is 0 Å². The Morgan fingerprint density at radius 2 is 1.92 bits per heavy atom. The number of halogens is 2. The van der Waals surface area contributed by atoms with Crippen LogP contribution in [0.3, 0.4) is 0 Å². The van der Waals surface area contributed by atoms with Crippen LogP contribution in [0.15, 0.2) is 54.7 Å². The molecule has 2 aromatic carbocycles. The molecule has 2 aromatic rings. The van der Waals surface area contributed by atoms with Crippen molar-refractivity contribution in [2.45, 2.75) is 45.8 Å². The van der Waals surface area contributed by atoms with Gasteiger partial charge in [0.15, 0.2) is 0 Å². The second-order valence-corrected chi connectivity index (χ2v) is 7.13. The van der Waals surface area contributed by atoms with E-state index in [1.807, 2.05) is 13.0 Å². The van der Waals surface area contributed by atoms with E-state index in [1.54, 1.807) is 12.1 Å². The molecular weight excluding hydrogens is 330 g/mol. The molecule has 0 bridgehead atoms. The average molecular weight is 356 g/mol. The Morgan fingerprint density at radius 1 is 1.19 bits per heavy atom. The normalized spacial score (nSPS) is 15.6.